The highest BCUT2D eigenvalue weighted by Crippen LogP contribution is 2.13. The van der Waals surface area contributed by atoms with Crippen LogP contribution in [0.25, 0.3) is 0 Å². The van der Waals surface area contributed by atoms with Gasteiger partial charge in [0.05, 0.1) is 26.3 Å². The summed E-state index contributed by atoms with van der Waals surface area (Å²) in [4.78, 5) is 50.1. The van der Waals surface area contributed by atoms with E-state index in [1.807, 2.05) is 18.2 Å². The quantitative estimate of drug-likeness (QED) is 0.229. The van der Waals surface area contributed by atoms with Crippen molar-refractivity contribution in [1.29, 1.82) is 0 Å². The average molecular weight is 477 g/mol. The molecule has 0 heterocycles. The first-order valence-electron chi connectivity index (χ1n) is 10.8. The molecule has 0 saturated heterocycles. The third-order valence-corrected chi connectivity index (χ3v) is 4.33. The van der Waals surface area contributed by atoms with Gasteiger partial charge < -0.3 is 28.7 Å². The third kappa shape index (κ3) is 10.7. The van der Waals surface area contributed by atoms with Crippen LogP contribution in [-0.2, 0) is 41.6 Å². The lowest BCUT2D eigenvalue weighted by Gasteiger charge is -2.23. The third-order valence-electron chi connectivity index (χ3n) is 4.33. The molecule has 2 amide bonds. The molecule has 0 bridgehead atoms. The smallest absolute Gasteiger partial charge is 0.410 e. The molecule has 186 valence electrons. The van der Waals surface area contributed by atoms with Gasteiger partial charge in [0.1, 0.15) is 13.2 Å². The molecule has 0 aliphatic heterocycles. The van der Waals surface area contributed by atoms with Gasteiger partial charge in [-0.3, -0.25) is 0 Å². The first-order valence-corrected chi connectivity index (χ1v) is 10.8. The predicted octanol–water partition coefficient (Wildman–Crippen LogP) is 3.06. The van der Waals surface area contributed by atoms with Gasteiger partial charge in [-0.15, -0.1) is 0 Å². The molecular weight excluding hydrogens is 444 g/mol. The molecule has 0 atom stereocenters. The van der Waals surface area contributed by atoms with Crippen LogP contribution in [0, 0.1) is 0 Å². The SMILES string of the molecule is C=CC(=O)OCCN(Cc1cccc(CN(CCOC(=O)C=C)C(=O)OCC)c1)C(=O)OCC. The van der Waals surface area contributed by atoms with Gasteiger partial charge in [0, 0.05) is 25.2 Å². The lowest BCUT2D eigenvalue weighted by atomic mass is 10.1. The molecule has 0 N–H and O–H groups in total. The highest BCUT2D eigenvalue weighted by Gasteiger charge is 2.18. The molecule has 0 aliphatic rings. The van der Waals surface area contributed by atoms with Crippen LogP contribution in [-0.4, -0.2) is 73.4 Å². The fraction of sp³-hybridized carbons (Fsp3) is 0.417. The molecule has 0 fully saturated rings. The van der Waals surface area contributed by atoms with E-state index in [4.69, 9.17) is 18.9 Å². The topological polar surface area (TPSA) is 112 Å². The second kappa shape index (κ2) is 15.9. The summed E-state index contributed by atoms with van der Waals surface area (Å²) >= 11 is 0. The molecular formula is C24H32N2O8. The Morgan fingerprint density at radius 1 is 0.765 bits per heavy atom. The molecule has 1 aromatic carbocycles. The second-order valence-corrected chi connectivity index (χ2v) is 6.80. The average Bonchev–Trinajstić information content (AvgIpc) is 2.83. The molecule has 0 aliphatic carbocycles. The zero-order chi connectivity index (χ0) is 25.3. The van der Waals surface area contributed by atoms with E-state index in [2.05, 4.69) is 13.2 Å². The molecule has 0 spiro atoms. The molecule has 0 unspecified atom stereocenters. The summed E-state index contributed by atoms with van der Waals surface area (Å²) < 4.78 is 20.1. The molecule has 0 aromatic heterocycles. The Hall–Kier alpha value is -3.82. The largest absolute Gasteiger partial charge is 0.461 e. The van der Waals surface area contributed by atoms with Crippen LogP contribution in [0.5, 0.6) is 0 Å². The summed E-state index contributed by atoms with van der Waals surface area (Å²) in [5.41, 5.74) is 1.56. The zero-order valence-corrected chi connectivity index (χ0v) is 19.7. The molecule has 34 heavy (non-hydrogen) atoms. The Balaban J connectivity index is 2.90. The van der Waals surface area contributed by atoms with Gasteiger partial charge in [0.25, 0.3) is 0 Å². The van der Waals surface area contributed by atoms with Crippen molar-refractivity contribution >= 4 is 24.1 Å². The summed E-state index contributed by atoms with van der Waals surface area (Å²) in [7, 11) is 0. The molecule has 10 nitrogen and oxygen atoms in total. The standard InChI is InChI=1S/C24H32N2O8/c1-5-21(27)33-14-12-25(23(29)31-7-3)17-19-10-9-11-20(16-19)18-26(24(30)32-8-4)13-15-34-22(28)6-2/h5-6,9-11,16H,1-2,7-8,12-15,17-18H2,3-4H3. The Kier molecular flexibility index (Phi) is 13.2. The molecule has 1 rings (SSSR count). The number of hydrogen-bond acceptors (Lipinski definition) is 8. The Morgan fingerprint density at radius 3 is 1.53 bits per heavy atom. The Labute approximate surface area is 199 Å². The monoisotopic (exact) mass is 476 g/mol. The van der Waals surface area contributed by atoms with E-state index in [1.54, 1.807) is 19.9 Å². The first-order chi connectivity index (χ1) is 16.3. The van der Waals surface area contributed by atoms with E-state index >= 15 is 0 Å². The molecule has 0 saturated carbocycles. The maximum absolute atomic E-state index is 12.3. The number of benzene rings is 1. The van der Waals surface area contributed by atoms with Gasteiger partial charge in [-0.05, 0) is 25.0 Å². The number of ether oxygens (including phenoxy) is 4. The van der Waals surface area contributed by atoms with E-state index in [0.29, 0.717) is 0 Å². The van der Waals surface area contributed by atoms with E-state index in [9.17, 15) is 19.2 Å². The van der Waals surface area contributed by atoms with E-state index in [1.165, 1.54) is 9.80 Å². The van der Waals surface area contributed by atoms with Crippen LogP contribution in [0.15, 0.2) is 49.6 Å². The lowest BCUT2D eigenvalue weighted by molar-refractivity contribution is -0.139. The number of amides is 2. The van der Waals surface area contributed by atoms with Crippen molar-refractivity contribution in [3.8, 4) is 0 Å². The van der Waals surface area contributed by atoms with Crippen LogP contribution < -0.4 is 0 Å². The number of rotatable bonds is 14. The van der Waals surface area contributed by atoms with E-state index in [0.717, 1.165) is 23.3 Å². The maximum atomic E-state index is 12.3. The highest BCUT2D eigenvalue weighted by atomic mass is 16.6. The van der Waals surface area contributed by atoms with Gasteiger partial charge in [-0.1, -0.05) is 37.4 Å². The van der Waals surface area contributed by atoms with Gasteiger partial charge in [0.2, 0.25) is 0 Å². The van der Waals surface area contributed by atoms with Crippen molar-refractivity contribution in [3.63, 3.8) is 0 Å². The minimum atomic E-state index is -0.580. The van der Waals surface area contributed by atoms with Crippen molar-refractivity contribution in [2.75, 3.05) is 39.5 Å². The number of hydrogen-bond donors (Lipinski definition) is 0. The summed E-state index contributed by atoms with van der Waals surface area (Å²) in [6.45, 7) is 11.1. The fourth-order valence-corrected chi connectivity index (χ4v) is 2.80. The summed E-state index contributed by atoms with van der Waals surface area (Å²) in [6, 6.07) is 7.29. The predicted molar refractivity (Wildman–Crippen MR) is 124 cm³/mol. The second-order valence-electron chi connectivity index (χ2n) is 6.80. The summed E-state index contributed by atoms with van der Waals surface area (Å²) in [5, 5.41) is 0. The first kappa shape index (κ1) is 28.2. The van der Waals surface area contributed by atoms with Crippen LogP contribution in [0.2, 0.25) is 0 Å². The Morgan fingerprint density at radius 2 is 1.18 bits per heavy atom. The van der Waals surface area contributed by atoms with Crippen LogP contribution in [0.3, 0.4) is 0 Å². The van der Waals surface area contributed by atoms with Gasteiger partial charge in [-0.25, -0.2) is 19.2 Å². The minimum absolute atomic E-state index is 0.0105. The number of carbonyl (C=O) groups is 4. The van der Waals surface area contributed by atoms with E-state index < -0.39 is 24.1 Å². The van der Waals surface area contributed by atoms with Crippen molar-refractivity contribution < 1.29 is 38.1 Å². The van der Waals surface area contributed by atoms with Crippen molar-refractivity contribution in [2.24, 2.45) is 0 Å². The van der Waals surface area contributed by atoms with Crippen molar-refractivity contribution in [2.45, 2.75) is 26.9 Å². The van der Waals surface area contributed by atoms with Gasteiger partial charge in [0.15, 0.2) is 0 Å². The Bertz CT molecular complexity index is 790. The van der Waals surface area contributed by atoms with Crippen molar-refractivity contribution in [1.82, 2.24) is 9.80 Å². The summed E-state index contributed by atoms with van der Waals surface area (Å²) in [6.07, 6.45) is 1.01. The number of esters is 2. The molecule has 10 heteroatoms. The number of carbonyl (C=O) groups excluding carboxylic acids is 4. The normalized spacial score (nSPS) is 9.94. The molecule has 1 aromatic rings. The highest BCUT2D eigenvalue weighted by molar-refractivity contribution is 5.81. The van der Waals surface area contributed by atoms with E-state index in [-0.39, 0.29) is 52.6 Å². The number of nitrogens with zero attached hydrogens (tertiary/aromatic N) is 2. The van der Waals surface area contributed by atoms with Gasteiger partial charge >= 0.3 is 24.1 Å². The molecule has 0 radical (unpaired) electrons. The van der Waals surface area contributed by atoms with Crippen LogP contribution in [0.4, 0.5) is 9.59 Å². The van der Waals surface area contributed by atoms with Crippen LogP contribution in [0.1, 0.15) is 25.0 Å². The lowest BCUT2D eigenvalue weighted by Crippen LogP contribution is -2.35. The fourth-order valence-electron chi connectivity index (χ4n) is 2.80. The van der Waals surface area contributed by atoms with Gasteiger partial charge in [-0.2, -0.15) is 0 Å². The van der Waals surface area contributed by atoms with Crippen molar-refractivity contribution in [3.05, 3.63) is 60.7 Å². The maximum Gasteiger partial charge on any atom is 0.410 e. The van der Waals surface area contributed by atoms with Crippen LogP contribution >= 0.6 is 0 Å². The minimum Gasteiger partial charge on any atom is -0.461 e. The summed E-state index contributed by atoms with van der Waals surface area (Å²) in [5.74, 6) is -1.16. The zero-order valence-electron chi connectivity index (χ0n) is 19.7.